The minimum atomic E-state index is -0.820. The molecule has 4 nitrogen and oxygen atoms in total. The van der Waals surface area contributed by atoms with Gasteiger partial charge in [-0.15, -0.1) is 0 Å². The fourth-order valence-corrected chi connectivity index (χ4v) is 2.30. The molecule has 0 aliphatic carbocycles. The Morgan fingerprint density at radius 2 is 2.00 bits per heavy atom. The summed E-state index contributed by atoms with van der Waals surface area (Å²) in [4.78, 5) is 24.5. The number of carbonyl (C=O) groups excluding carboxylic acids is 1. The van der Waals surface area contributed by atoms with E-state index in [9.17, 15) is 9.59 Å². The molecule has 1 unspecified atom stereocenters. The second-order valence-corrected chi connectivity index (χ2v) is 5.07. The van der Waals surface area contributed by atoms with Gasteiger partial charge in [0.1, 0.15) is 0 Å². The van der Waals surface area contributed by atoms with Crippen LogP contribution in [0.3, 0.4) is 0 Å². The first kappa shape index (κ1) is 13.6. The monoisotopic (exact) mass is 261 g/mol. The Labute approximate surface area is 113 Å². The van der Waals surface area contributed by atoms with E-state index in [4.69, 9.17) is 5.11 Å². The Morgan fingerprint density at radius 1 is 1.32 bits per heavy atom. The zero-order valence-electron chi connectivity index (χ0n) is 11.1. The van der Waals surface area contributed by atoms with Gasteiger partial charge in [-0.3, -0.25) is 9.59 Å². The second kappa shape index (κ2) is 5.87. The summed E-state index contributed by atoms with van der Waals surface area (Å²) < 4.78 is 0. The molecule has 0 saturated carbocycles. The van der Waals surface area contributed by atoms with Crippen LogP contribution >= 0.6 is 0 Å². The molecule has 1 aliphatic rings. The summed E-state index contributed by atoms with van der Waals surface area (Å²) in [5.41, 5.74) is 1.85. The van der Waals surface area contributed by atoms with Gasteiger partial charge in [0.05, 0.1) is 5.92 Å². The van der Waals surface area contributed by atoms with Crippen molar-refractivity contribution in [2.24, 2.45) is 0 Å². The summed E-state index contributed by atoms with van der Waals surface area (Å²) in [5.74, 6) is -1.10. The summed E-state index contributed by atoms with van der Waals surface area (Å²) in [6.45, 7) is 3.12. The Balaban J connectivity index is 2.02. The van der Waals surface area contributed by atoms with Gasteiger partial charge in [-0.25, -0.2) is 0 Å². The van der Waals surface area contributed by atoms with Gasteiger partial charge in [-0.05, 0) is 30.9 Å². The minimum absolute atomic E-state index is 0.217. The van der Waals surface area contributed by atoms with E-state index >= 15 is 0 Å². The van der Waals surface area contributed by atoms with Crippen molar-refractivity contribution in [3.8, 4) is 0 Å². The molecule has 19 heavy (non-hydrogen) atoms. The maximum Gasteiger partial charge on any atom is 0.310 e. The Morgan fingerprint density at radius 3 is 2.58 bits per heavy atom. The molecule has 102 valence electrons. The van der Waals surface area contributed by atoms with Crippen molar-refractivity contribution in [2.45, 2.75) is 38.6 Å². The lowest BCUT2D eigenvalue weighted by molar-refractivity contribution is -0.138. The summed E-state index contributed by atoms with van der Waals surface area (Å²) in [6.07, 6.45) is 2.71. The third kappa shape index (κ3) is 3.34. The number of hydrogen-bond donors (Lipinski definition) is 1. The minimum Gasteiger partial charge on any atom is -0.481 e. The number of aliphatic carboxylic acids is 1. The lowest BCUT2D eigenvalue weighted by Gasteiger charge is -2.26. The topological polar surface area (TPSA) is 57.6 Å². The number of likely N-dealkylation sites (tertiary alicyclic amines) is 1. The average molecular weight is 261 g/mol. The number of benzene rings is 1. The smallest absolute Gasteiger partial charge is 0.310 e. The first-order valence-corrected chi connectivity index (χ1v) is 6.67. The van der Waals surface area contributed by atoms with Crippen LogP contribution in [0.25, 0.3) is 0 Å². The lowest BCUT2D eigenvalue weighted by Crippen LogP contribution is -2.34. The molecule has 0 spiro atoms. The molecule has 1 heterocycles. The summed E-state index contributed by atoms with van der Waals surface area (Å²) in [6, 6.07) is 7.50. The van der Waals surface area contributed by atoms with Crippen molar-refractivity contribution in [3.05, 3.63) is 35.4 Å². The molecule has 0 aromatic heterocycles. The SMILES string of the molecule is CC(C(=O)O)c1ccc(CN2CCCCC2=O)cc1. The fourth-order valence-electron chi connectivity index (χ4n) is 2.30. The molecule has 1 amide bonds. The van der Waals surface area contributed by atoms with Gasteiger partial charge in [0.2, 0.25) is 5.91 Å². The van der Waals surface area contributed by atoms with Crippen molar-refractivity contribution in [3.63, 3.8) is 0 Å². The molecule has 2 rings (SSSR count). The van der Waals surface area contributed by atoms with Crippen molar-refractivity contribution < 1.29 is 14.7 Å². The average Bonchev–Trinajstić information content (AvgIpc) is 2.41. The van der Waals surface area contributed by atoms with Gasteiger partial charge in [-0.2, -0.15) is 0 Å². The lowest BCUT2D eigenvalue weighted by atomic mass is 10.00. The van der Waals surface area contributed by atoms with E-state index < -0.39 is 11.9 Å². The summed E-state index contributed by atoms with van der Waals surface area (Å²) in [5, 5.41) is 8.95. The molecule has 4 heteroatoms. The fraction of sp³-hybridized carbons (Fsp3) is 0.467. The molecule has 1 N–H and O–H groups in total. The molecular formula is C15H19NO3. The van der Waals surface area contributed by atoms with E-state index in [-0.39, 0.29) is 5.91 Å². The summed E-state index contributed by atoms with van der Waals surface area (Å²) >= 11 is 0. The number of piperidine rings is 1. The second-order valence-electron chi connectivity index (χ2n) is 5.07. The molecule has 0 radical (unpaired) electrons. The van der Waals surface area contributed by atoms with Crippen LogP contribution in [-0.2, 0) is 16.1 Å². The van der Waals surface area contributed by atoms with Crippen LogP contribution < -0.4 is 0 Å². The maximum atomic E-state index is 11.7. The van der Waals surface area contributed by atoms with Crippen LogP contribution in [0.5, 0.6) is 0 Å². The Kier molecular flexibility index (Phi) is 4.20. The molecule has 1 saturated heterocycles. The van der Waals surface area contributed by atoms with Gasteiger partial charge in [0, 0.05) is 19.5 Å². The molecule has 1 aliphatic heterocycles. The number of carbonyl (C=O) groups is 2. The van der Waals surface area contributed by atoms with Gasteiger partial charge in [0.25, 0.3) is 0 Å². The normalized spacial score (nSPS) is 17.3. The molecule has 1 atom stereocenters. The third-order valence-electron chi connectivity index (χ3n) is 3.64. The predicted octanol–water partition coefficient (Wildman–Crippen LogP) is 2.39. The molecule has 1 fully saturated rings. The highest BCUT2D eigenvalue weighted by atomic mass is 16.4. The van der Waals surface area contributed by atoms with Gasteiger partial charge < -0.3 is 10.0 Å². The third-order valence-corrected chi connectivity index (χ3v) is 3.64. The maximum absolute atomic E-state index is 11.7. The number of nitrogens with zero attached hydrogens (tertiary/aromatic N) is 1. The molecule has 1 aromatic rings. The van der Waals surface area contributed by atoms with Gasteiger partial charge in [-0.1, -0.05) is 24.3 Å². The standard InChI is InChI=1S/C15H19NO3/c1-11(15(18)19)13-7-5-12(6-8-13)10-16-9-3-2-4-14(16)17/h5-8,11H,2-4,9-10H2,1H3,(H,18,19). The zero-order valence-corrected chi connectivity index (χ0v) is 11.1. The van der Waals surface area contributed by atoms with E-state index in [0.717, 1.165) is 30.5 Å². The number of rotatable bonds is 4. The van der Waals surface area contributed by atoms with Crippen LogP contribution in [0.4, 0.5) is 0 Å². The van der Waals surface area contributed by atoms with Crippen LogP contribution in [0.2, 0.25) is 0 Å². The Hall–Kier alpha value is -1.84. The van der Waals surface area contributed by atoms with Crippen LogP contribution in [0.1, 0.15) is 43.2 Å². The van der Waals surface area contributed by atoms with Crippen LogP contribution in [0.15, 0.2) is 24.3 Å². The van der Waals surface area contributed by atoms with E-state index in [1.165, 1.54) is 0 Å². The van der Waals surface area contributed by atoms with Crippen LogP contribution in [0, 0.1) is 0 Å². The largest absolute Gasteiger partial charge is 0.481 e. The zero-order chi connectivity index (χ0) is 13.8. The van der Waals surface area contributed by atoms with Gasteiger partial charge >= 0.3 is 5.97 Å². The number of carboxylic acid groups (broad SMARTS) is 1. The van der Waals surface area contributed by atoms with E-state index in [0.29, 0.717) is 13.0 Å². The molecular weight excluding hydrogens is 242 g/mol. The quantitative estimate of drug-likeness (QED) is 0.905. The first-order chi connectivity index (χ1) is 9.08. The highest BCUT2D eigenvalue weighted by Gasteiger charge is 2.18. The number of amides is 1. The van der Waals surface area contributed by atoms with Gasteiger partial charge in [0.15, 0.2) is 0 Å². The summed E-state index contributed by atoms with van der Waals surface area (Å²) in [7, 11) is 0. The number of carboxylic acids is 1. The van der Waals surface area contributed by atoms with E-state index in [2.05, 4.69) is 0 Å². The van der Waals surface area contributed by atoms with E-state index in [1.807, 2.05) is 29.2 Å². The highest BCUT2D eigenvalue weighted by molar-refractivity contribution is 5.77. The Bertz CT molecular complexity index is 467. The first-order valence-electron chi connectivity index (χ1n) is 6.67. The highest BCUT2D eigenvalue weighted by Crippen LogP contribution is 2.18. The van der Waals surface area contributed by atoms with Crippen molar-refractivity contribution in [1.82, 2.24) is 4.90 Å². The molecule has 1 aromatic carbocycles. The van der Waals surface area contributed by atoms with Crippen molar-refractivity contribution in [2.75, 3.05) is 6.54 Å². The van der Waals surface area contributed by atoms with Crippen molar-refractivity contribution >= 4 is 11.9 Å². The van der Waals surface area contributed by atoms with Crippen LogP contribution in [-0.4, -0.2) is 28.4 Å². The molecule has 0 bridgehead atoms. The predicted molar refractivity (Wildman–Crippen MR) is 71.8 cm³/mol. The number of hydrogen-bond acceptors (Lipinski definition) is 2. The van der Waals surface area contributed by atoms with E-state index in [1.54, 1.807) is 6.92 Å². The van der Waals surface area contributed by atoms with Crippen molar-refractivity contribution in [1.29, 1.82) is 0 Å².